The van der Waals surface area contributed by atoms with Crippen molar-refractivity contribution in [1.29, 1.82) is 0 Å². The number of carbonyl (C=O) groups excluding carboxylic acids is 1. The van der Waals surface area contributed by atoms with Gasteiger partial charge in [-0.1, -0.05) is 56.5 Å². The minimum atomic E-state index is 0.223. The molecule has 0 bridgehead atoms. The molecular formula is C19H27NO. The van der Waals surface area contributed by atoms with Crippen LogP contribution in [-0.2, 0) is 11.3 Å². The van der Waals surface area contributed by atoms with E-state index >= 15 is 0 Å². The molecule has 2 nitrogen and oxygen atoms in total. The molecule has 1 aromatic carbocycles. The van der Waals surface area contributed by atoms with Gasteiger partial charge in [-0.2, -0.15) is 0 Å². The molecule has 0 N–H and O–H groups in total. The van der Waals surface area contributed by atoms with Gasteiger partial charge in [0.1, 0.15) is 0 Å². The number of benzene rings is 1. The minimum Gasteiger partial charge on any atom is -0.335 e. The molecule has 0 aromatic heterocycles. The van der Waals surface area contributed by atoms with Crippen LogP contribution in [0.4, 0.5) is 0 Å². The quantitative estimate of drug-likeness (QED) is 0.807. The summed E-state index contributed by atoms with van der Waals surface area (Å²) >= 11 is 0. The third kappa shape index (κ3) is 3.14. The molecule has 21 heavy (non-hydrogen) atoms. The molecule has 2 heteroatoms. The smallest absolute Gasteiger partial charge is 0.226 e. The third-order valence-corrected chi connectivity index (χ3v) is 5.33. The molecule has 1 aromatic rings. The van der Waals surface area contributed by atoms with E-state index in [2.05, 4.69) is 49.9 Å². The molecule has 2 fully saturated rings. The molecule has 114 valence electrons. The molecule has 0 heterocycles. The van der Waals surface area contributed by atoms with Gasteiger partial charge in [-0.15, -0.1) is 0 Å². The van der Waals surface area contributed by atoms with Crippen LogP contribution in [-0.4, -0.2) is 16.8 Å². The van der Waals surface area contributed by atoms with Gasteiger partial charge in [0, 0.05) is 18.5 Å². The lowest BCUT2D eigenvalue weighted by Crippen LogP contribution is -2.40. The molecule has 2 saturated carbocycles. The number of carbonyl (C=O) groups is 1. The minimum absolute atomic E-state index is 0.223. The van der Waals surface area contributed by atoms with Crippen LogP contribution in [0.5, 0.6) is 0 Å². The van der Waals surface area contributed by atoms with Crippen LogP contribution in [0, 0.1) is 18.3 Å². The standard InChI is InChI=1S/C19H27NO/c1-14-8-10-15(11-9-14)13-20(16-6-4-5-7-16)18(21)17-12-19(17,2)3/h8-11,16-17H,4-7,12-13H2,1-3H3/t17-/m0/s1. The maximum Gasteiger partial charge on any atom is 0.226 e. The van der Waals surface area contributed by atoms with Gasteiger partial charge in [0.2, 0.25) is 5.91 Å². The van der Waals surface area contributed by atoms with Crippen molar-refractivity contribution in [2.24, 2.45) is 11.3 Å². The number of rotatable bonds is 4. The van der Waals surface area contributed by atoms with E-state index in [1.165, 1.54) is 36.8 Å². The molecule has 2 aliphatic rings. The lowest BCUT2D eigenvalue weighted by atomic mass is 10.1. The van der Waals surface area contributed by atoms with Crippen molar-refractivity contribution in [3.05, 3.63) is 35.4 Å². The second-order valence-electron chi connectivity index (χ2n) is 7.64. The highest BCUT2D eigenvalue weighted by atomic mass is 16.2. The Kier molecular flexibility index (Phi) is 3.81. The van der Waals surface area contributed by atoms with Gasteiger partial charge in [0.05, 0.1) is 0 Å². The molecule has 3 rings (SSSR count). The van der Waals surface area contributed by atoms with E-state index in [-0.39, 0.29) is 11.3 Å². The third-order valence-electron chi connectivity index (χ3n) is 5.33. The fourth-order valence-electron chi connectivity index (χ4n) is 3.58. The Morgan fingerprint density at radius 1 is 1.19 bits per heavy atom. The second kappa shape index (κ2) is 5.47. The number of aryl methyl sites for hydroxylation is 1. The Morgan fingerprint density at radius 3 is 2.29 bits per heavy atom. The van der Waals surface area contributed by atoms with Gasteiger partial charge in [0.25, 0.3) is 0 Å². The summed E-state index contributed by atoms with van der Waals surface area (Å²) in [5.41, 5.74) is 2.77. The van der Waals surface area contributed by atoms with Crippen molar-refractivity contribution < 1.29 is 4.79 Å². The largest absolute Gasteiger partial charge is 0.335 e. The average molecular weight is 285 g/mol. The summed E-state index contributed by atoms with van der Waals surface area (Å²) < 4.78 is 0. The summed E-state index contributed by atoms with van der Waals surface area (Å²) in [7, 11) is 0. The van der Waals surface area contributed by atoms with E-state index in [0.29, 0.717) is 11.9 Å². The predicted molar refractivity (Wildman–Crippen MR) is 85.9 cm³/mol. The fourth-order valence-corrected chi connectivity index (χ4v) is 3.58. The zero-order valence-electron chi connectivity index (χ0n) is 13.6. The van der Waals surface area contributed by atoms with E-state index in [1.54, 1.807) is 0 Å². The van der Waals surface area contributed by atoms with Crippen molar-refractivity contribution >= 4 is 5.91 Å². The van der Waals surface area contributed by atoms with Gasteiger partial charge in [-0.05, 0) is 37.2 Å². The van der Waals surface area contributed by atoms with E-state index in [9.17, 15) is 4.79 Å². The van der Waals surface area contributed by atoms with Gasteiger partial charge in [0.15, 0.2) is 0 Å². The van der Waals surface area contributed by atoms with E-state index in [4.69, 9.17) is 0 Å². The molecule has 0 radical (unpaired) electrons. The van der Waals surface area contributed by atoms with Crippen LogP contribution in [0.1, 0.15) is 57.1 Å². The Morgan fingerprint density at radius 2 is 1.76 bits per heavy atom. The molecule has 0 unspecified atom stereocenters. The zero-order chi connectivity index (χ0) is 15.0. The summed E-state index contributed by atoms with van der Waals surface area (Å²) in [6.07, 6.45) is 5.98. The van der Waals surface area contributed by atoms with Crippen molar-refractivity contribution in [2.45, 2.75) is 65.5 Å². The molecular weight excluding hydrogens is 258 g/mol. The Hall–Kier alpha value is -1.31. The number of hydrogen-bond donors (Lipinski definition) is 0. The fraction of sp³-hybridized carbons (Fsp3) is 0.632. The maximum atomic E-state index is 12.9. The predicted octanol–water partition coefficient (Wildman–Crippen LogP) is 4.31. The average Bonchev–Trinajstić information content (AvgIpc) is 2.88. The molecule has 1 atom stereocenters. The highest BCUT2D eigenvalue weighted by Crippen LogP contribution is 2.53. The number of hydrogen-bond acceptors (Lipinski definition) is 1. The summed E-state index contributed by atoms with van der Waals surface area (Å²) in [5.74, 6) is 0.649. The van der Waals surface area contributed by atoms with Gasteiger partial charge in [-0.25, -0.2) is 0 Å². The molecule has 0 spiro atoms. The van der Waals surface area contributed by atoms with Crippen molar-refractivity contribution in [3.8, 4) is 0 Å². The highest BCUT2D eigenvalue weighted by Gasteiger charge is 2.52. The first-order valence-corrected chi connectivity index (χ1v) is 8.33. The van der Waals surface area contributed by atoms with E-state index in [0.717, 1.165) is 13.0 Å². The lowest BCUT2D eigenvalue weighted by Gasteiger charge is -2.30. The van der Waals surface area contributed by atoms with Crippen molar-refractivity contribution in [2.75, 3.05) is 0 Å². The highest BCUT2D eigenvalue weighted by molar-refractivity contribution is 5.82. The van der Waals surface area contributed by atoms with Crippen LogP contribution >= 0.6 is 0 Å². The second-order valence-corrected chi connectivity index (χ2v) is 7.64. The molecule has 1 amide bonds. The van der Waals surface area contributed by atoms with Crippen LogP contribution in [0.2, 0.25) is 0 Å². The van der Waals surface area contributed by atoms with Crippen LogP contribution < -0.4 is 0 Å². The summed E-state index contributed by atoms with van der Waals surface area (Å²) in [5, 5.41) is 0. The number of nitrogens with zero attached hydrogens (tertiary/aromatic N) is 1. The molecule has 0 aliphatic heterocycles. The monoisotopic (exact) mass is 285 g/mol. The van der Waals surface area contributed by atoms with Gasteiger partial charge >= 0.3 is 0 Å². The van der Waals surface area contributed by atoms with Crippen LogP contribution in [0.15, 0.2) is 24.3 Å². The summed E-state index contributed by atoms with van der Waals surface area (Å²) in [4.78, 5) is 15.1. The SMILES string of the molecule is Cc1ccc(CN(C(=O)[C@@H]2CC2(C)C)C2CCCC2)cc1. The van der Waals surface area contributed by atoms with Gasteiger partial charge < -0.3 is 4.90 Å². The maximum absolute atomic E-state index is 12.9. The van der Waals surface area contributed by atoms with Gasteiger partial charge in [-0.3, -0.25) is 4.79 Å². The topological polar surface area (TPSA) is 20.3 Å². The first kappa shape index (κ1) is 14.6. The molecule has 2 aliphatic carbocycles. The molecule has 0 saturated heterocycles. The summed E-state index contributed by atoms with van der Waals surface area (Å²) in [6.45, 7) is 7.33. The van der Waals surface area contributed by atoms with Crippen LogP contribution in [0.3, 0.4) is 0 Å². The summed E-state index contributed by atoms with van der Waals surface area (Å²) in [6, 6.07) is 9.10. The Labute approximate surface area is 128 Å². The van der Waals surface area contributed by atoms with E-state index < -0.39 is 0 Å². The number of amides is 1. The van der Waals surface area contributed by atoms with Crippen LogP contribution in [0.25, 0.3) is 0 Å². The first-order valence-electron chi connectivity index (χ1n) is 8.33. The van der Waals surface area contributed by atoms with E-state index in [1.807, 2.05) is 0 Å². The van der Waals surface area contributed by atoms with Crippen molar-refractivity contribution in [3.63, 3.8) is 0 Å². The zero-order valence-corrected chi connectivity index (χ0v) is 13.6. The first-order chi connectivity index (χ1) is 9.97. The lowest BCUT2D eigenvalue weighted by molar-refractivity contribution is -0.136. The Balaban J connectivity index is 1.76. The Bertz CT molecular complexity index is 511. The van der Waals surface area contributed by atoms with Crippen molar-refractivity contribution in [1.82, 2.24) is 4.90 Å². The normalized spacial score (nSPS) is 24.0.